The maximum absolute atomic E-state index is 13.1. The molecule has 1 saturated heterocycles. The molecule has 1 aliphatic heterocycles. The molecule has 192 valence electrons. The average molecular weight is 488 g/mol. The Bertz CT molecular complexity index is 787. The summed E-state index contributed by atoms with van der Waals surface area (Å²) in [6.45, 7) is -0.461. The van der Waals surface area contributed by atoms with Crippen molar-refractivity contribution in [1.82, 2.24) is 15.5 Å². The van der Waals surface area contributed by atoms with Gasteiger partial charge in [0.1, 0.15) is 18.1 Å². The number of carbonyl (C=O) groups excluding carboxylic acids is 3. The second-order valence-electron chi connectivity index (χ2n) is 7.82. The monoisotopic (exact) mass is 487 g/mol. The van der Waals surface area contributed by atoms with Gasteiger partial charge in [-0.25, -0.2) is 4.79 Å². The lowest BCUT2D eigenvalue weighted by molar-refractivity contribution is -0.149. The number of nitrogens with one attached hydrogen (secondary N) is 2. The molecule has 0 radical (unpaired) electrons. The van der Waals surface area contributed by atoms with Gasteiger partial charge in [-0.1, -0.05) is 0 Å². The SMILES string of the molecule is NC(N)=NCCCC(NC(=O)C(CO)NC(=O)C(N)CCC(=O)O)C(=O)N1CCCC1C(=O)O. The Morgan fingerprint density at radius 1 is 1.03 bits per heavy atom. The van der Waals surface area contributed by atoms with E-state index in [1.165, 1.54) is 4.90 Å². The van der Waals surface area contributed by atoms with E-state index in [1.54, 1.807) is 0 Å². The summed E-state index contributed by atoms with van der Waals surface area (Å²) in [4.78, 5) is 65.0. The number of aliphatic hydroxyl groups is 1. The van der Waals surface area contributed by atoms with Crippen LogP contribution in [0.3, 0.4) is 0 Å². The van der Waals surface area contributed by atoms with Gasteiger partial charge < -0.3 is 48.1 Å². The van der Waals surface area contributed by atoms with E-state index >= 15 is 0 Å². The van der Waals surface area contributed by atoms with Crippen molar-refractivity contribution in [2.45, 2.75) is 62.7 Å². The summed E-state index contributed by atoms with van der Waals surface area (Å²) >= 11 is 0. The molecule has 4 unspecified atom stereocenters. The third-order valence-corrected chi connectivity index (χ3v) is 5.20. The summed E-state index contributed by atoms with van der Waals surface area (Å²) in [5.41, 5.74) is 16.2. The second-order valence-corrected chi connectivity index (χ2v) is 7.82. The van der Waals surface area contributed by atoms with Gasteiger partial charge in [0, 0.05) is 19.5 Å². The normalized spacial score (nSPS) is 17.8. The number of aliphatic hydroxyl groups excluding tert-OH is 1. The first-order valence-corrected chi connectivity index (χ1v) is 10.8. The predicted molar refractivity (Wildman–Crippen MR) is 118 cm³/mol. The zero-order chi connectivity index (χ0) is 25.8. The van der Waals surface area contributed by atoms with Gasteiger partial charge >= 0.3 is 11.9 Å². The molecule has 1 fully saturated rings. The summed E-state index contributed by atoms with van der Waals surface area (Å²) in [5.74, 6) is -4.83. The van der Waals surface area contributed by atoms with E-state index in [1.807, 2.05) is 0 Å². The van der Waals surface area contributed by atoms with Crippen LogP contribution in [0.15, 0.2) is 4.99 Å². The van der Waals surface area contributed by atoms with Crippen molar-refractivity contribution < 1.29 is 39.3 Å². The number of rotatable bonds is 14. The Labute approximate surface area is 195 Å². The summed E-state index contributed by atoms with van der Waals surface area (Å²) in [7, 11) is 0. The van der Waals surface area contributed by atoms with Crippen LogP contribution >= 0.6 is 0 Å². The smallest absolute Gasteiger partial charge is 0.326 e. The number of guanidine groups is 1. The number of hydrogen-bond donors (Lipinski definition) is 8. The molecule has 34 heavy (non-hydrogen) atoms. The fraction of sp³-hybridized carbons (Fsp3) is 0.684. The molecule has 0 bridgehead atoms. The lowest BCUT2D eigenvalue weighted by atomic mass is 10.1. The molecule has 0 saturated carbocycles. The van der Waals surface area contributed by atoms with Crippen molar-refractivity contribution >= 4 is 35.6 Å². The minimum Gasteiger partial charge on any atom is -0.481 e. The van der Waals surface area contributed by atoms with Crippen molar-refractivity contribution in [2.75, 3.05) is 19.7 Å². The van der Waals surface area contributed by atoms with Gasteiger partial charge in [0.25, 0.3) is 0 Å². The van der Waals surface area contributed by atoms with Gasteiger partial charge in [-0.2, -0.15) is 0 Å². The Balaban J connectivity index is 2.89. The van der Waals surface area contributed by atoms with E-state index in [4.69, 9.17) is 22.3 Å². The zero-order valence-electron chi connectivity index (χ0n) is 18.7. The molecular formula is C19H33N7O8. The van der Waals surface area contributed by atoms with E-state index in [0.29, 0.717) is 6.42 Å². The first-order chi connectivity index (χ1) is 16.0. The zero-order valence-corrected chi connectivity index (χ0v) is 18.7. The van der Waals surface area contributed by atoms with E-state index in [-0.39, 0.29) is 51.2 Å². The molecule has 3 amide bonds. The Morgan fingerprint density at radius 2 is 1.68 bits per heavy atom. The summed E-state index contributed by atoms with van der Waals surface area (Å²) in [5, 5.41) is 32.3. The van der Waals surface area contributed by atoms with Crippen LogP contribution < -0.4 is 27.8 Å². The highest BCUT2D eigenvalue weighted by Gasteiger charge is 2.38. The van der Waals surface area contributed by atoms with Crippen molar-refractivity contribution in [3.63, 3.8) is 0 Å². The fourth-order valence-electron chi connectivity index (χ4n) is 3.40. The summed E-state index contributed by atoms with van der Waals surface area (Å²) < 4.78 is 0. The molecule has 15 nitrogen and oxygen atoms in total. The van der Waals surface area contributed by atoms with Crippen molar-refractivity contribution in [3.05, 3.63) is 0 Å². The van der Waals surface area contributed by atoms with Crippen molar-refractivity contribution in [2.24, 2.45) is 22.2 Å². The maximum Gasteiger partial charge on any atom is 0.326 e. The van der Waals surface area contributed by atoms with Gasteiger partial charge in [0.15, 0.2) is 5.96 Å². The fourth-order valence-corrected chi connectivity index (χ4v) is 3.40. The van der Waals surface area contributed by atoms with Crippen LogP contribution in [0.4, 0.5) is 0 Å². The molecule has 1 heterocycles. The first kappa shape index (κ1) is 28.6. The van der Waals surface area contributed by atoms with E-state index in [0.717, 1.165) is 0 Å². The number of aliphatic imine (C=N–C) groups is 1. The molecule has 15 heteroatoms. The molecule has 0 spiro atoms. The van der Waals surface area contributed by atoms with E-state index in [2.05, 4.69) is 15.6 Å². The molecule has 0 aromatic rings. The molecule has 4 atom stereocenters. The first-order valence-electron chi connectivity index (χ1n) is 10.8. The maximum atomic E-state index is 13.1. The van der Waals surface area contributed by atoms with Gasteiger partial charge in [-0.3, -0.25) is 24.2 Å². The Hall–Kier alpha value is -3.46. The lowest BCUT2D eigenvalue weighted by Gasteiger charge is -2.28. The van der Waals surface area contributed by atoms with Crippen LogP contribution in [0.25, 0.3) is 0 Å². The van der Waals surface area contributed by atoms with Crippen LogP contribution in [-0.2, 0) is 24.0 Å². The van der Waals surface area contributed by atoms with Crippen LogP contribution in [0.2, 0.25) is 0 Å². The molecular weight excluding hydrogens is 454 g/mol. The number of amides is 3. The Morgan fingerprint density at radius 3 is 2.24 bits per heavy atom. The highest BCUT2D eigenvalue weighted by atomic mass is 16.4. The number of hydrogen-bond acceptors (Lipinski definition) is 8. The standard InChI is InChI=1S/C19H33N7O8/c20-10(5-6-14(28)29)15(30)25-12(9-27)16(31)24-11(3-1-7-23-19(21)22)17(32)26-8-2-4-13(26)18(33)34/h10-13,27H,1-9,20H2,(H,24,31)(H,25,30)(H,28,29)(H,33,34)(H4,21,22,23). The Kier molecular flexibility index (Phi) is 11.7. The molecule has 11 N–H and O–H groups in total. The summed E-state index contributed by atoms with van der Waals surface area (Å²) in [6.07, 6.45) is 0.556. The third-order valence-electron chi connectivity index (χ3n) is 5.20. The minimum absolute atomic E-state index is 0.0639. The number of likely N-dealkylation sites (tertiary alicyclic amines) is 1. The molecule has 1 rings (SSSR count). The van der Waals surface area contributed by atoms with Crippen LogP contribution in [0.1, 0.15) is 38.5 Å². The summed E-state index contributed by atoms with van der Waals surface area (Å²) in [6, 6.07) is -4.88. The quantitative estimate of drug-likeness (QED) is 0.0670. The predicted octanol–water partition coefficient (Wildman–Crippen LogP) is -3.73. The lowest BCUT2D eigenvalue weighted by Crippen LogP contribution is -2.58. The van der Waals surface area contributed by atoms with Gasteiger partial charge in [-0.05, 0) is 32.1 Å². The number of nitrogens with zero attached hydrogens (tertiary/aromatic N) is 2. The number of carboxylic acids is 2. The number of aliphatic carboxylic acids is 2. The number of nitrogens with two attached hydrogens (primary N) is 3. The minimum atomic E-state index is -1.47. The van der Waals surface area contributed by atoms with Crippen LogP contribution in [0, 0.1) is 0 Å². The van der Waals surface area contributed by atoms with E-state index in [9.17, 15) is 34.2 Å². The molecule has 0 aromatic heterocycles. The second kappa shape index (κ2) is 13.9. The largest absolute Gasteiger partial charge is 0.481 e. The number of carboxylic acid groups (broad SMARTS) is 2. The average Bonchev–Trinajstić information content (AvgIpc) is 3.27. The van der Waals surface area contributed by atoms with E-state index < -0.39 is 60.4 Å². The van der Waals surface area contributed by atoms with Gasteiger partial charge in [0.05, 0.1) is 12.6 Å². The molecule has 1 aliphatic rings. The highest BCUT2D eigenvalue weighted by molar-refractivity contribution is 5.94. The van der Waals surface area contributed by atoms with Gasteiger partial charge in [0.2, 0.25) is 17.7 Å². The van der Waals surface area contributed by atoms with Crippen LogP contribution in [-0.4, -0.2) is 99.7 Å². The molecule has 0 aliphatic carbocycles. The van der Waals surface area contributed by atoms with Gasteiger partial charge in [-0.15, -0.1) is 0 Å². The topological polar surface area (TPSA) is 264 Å². The van der Waals surface area contributed by atoms with Crippen molar-refractivity contribution in [1.29, 1.82) is 0 Å². The molecule has 0 aromatic carbocycles. The third kappa shape index (κ3) is 9.19. The highest BCUT2D eigenvalue weighted by Crippen LogP contribution is 2.19. The van der Waals surface area contributed by atoms with Crippen LogP contribution in [0.5, 0.6) is 0 Å². The number of carbonyl (C=O) groups is 5. The van der Waals surface area contributed by atoms with Crippen molar-refractivity contribution in [3.8, 4) is 0 Å².